The van der Waals surface area contributed by atoms with Crippen LogP contribution in [0.5, 0.6) is 0 Å². The van der Waals surface area contributed by atoms with Crippen molar-refractivity contribution in [1.29, 1.82) is 0 Å². The molecule has 1 aliphatic heterocycles. The first-order valence-electron chi connectivity index (χ1n) is 9.51. The summed E-state index contributed by atoms with van der Waals surface area (Å²) in [5, 5.41) is 4.51. The Bertz CT molecular complexity index is 975. The van der Waals surface area contributed by atoms with Gasteiger partial charge in [0.25, 0.3) is 11.1 Å². The van der Waals surface area contributed by atoms with Gasteiger partial charge in [-0.3, -0.25) is 24.0 Å². The fraction of sp³-hybridized carbons (Fsp3) is 0.579. The second-order valence-corrected chi connectivity index (χ2v) is 8.22. The first-order valence-corrected chi connectivity index (χ1v) is 9.51. The Hall–Kier alpha value is -2.68. The second-order valence-electron chi connectivity index (χ2n) is 8.22. The van der Waals surface area contributed by atoms with Crippen LogP contribution in [0.2, 0.25) is 0 Å². The smallest absolute Gasteiger partial charge is 0.329 e. The van der Waals surface area contributed by atoms with Crippen LogP contribution in [-0.4, -0.2) is 57.0 Å². The number of piperazine rings is 1. The third-order valence-corrected chi connectivity index (χ3v) is 5.11. The first-order chi connectivity index (χ1) is 13.1. The van der Waals surface area contributed by atoms with Crippen molar-refractivity contribution in [3.63, 3.8) is 0 Å². The summed E-state index contributed by atoms with van der Waals surface area (Å²) in [4.78, 5) is 42.7. The van der Waals surface area contributed by atoms with E-state index in [1.165, 1.54) is 17.8 Å². The predicted octanol–water partition coefficient (Wildman–Crippen LogP) is -0.250. The molecule has 0 aromatic carbocycles. The largest absolute Gasteiger partial charge is 0.355 e. The molecule has 0 spiro atoms. The number of anilines is 1. The third kappa shape index (κ3) is 4.41. The average molecular weight is 388 g/mol. The van der Waals surface area contributed by atoms with Crippen molar-refractivity contribution in [2.75, 3.05) is 37.6 Å². The van der Waals surface area contributed by atoms with Crippen LogP contribution in [0.15, 0.2) is 32.6 Å². The Morgan fingerprint density at radius 1 is 1.00 bits per heavy atom. The molecule has 28 heavy (non-hydrogen) atoms. The van der Waals surface area contributed by atoms with Crippen molar-refractivity contribution >= 4 is 5.82 Å². The van der Waals surface area contributed by atoms with Crippen LogP contribution in [0.3, 0.4) is 0 Å². The fourth-order valence-corrected chi connectivity index (χ4v) is 3.17. The van der Waals surface area contributed by atoms with Crippen LogP contribution in [-0.2, 0) is 19.0 Å². The van der Waals surface area contributed by atoms with Gasteiger partial charge in [-0.15, -0.1) is 0 Å². The molecule has 0 bridgehead atoms. The summed E-state index contributed by atoms with van der Waals surface area (Å²) in [6.45, 7) is 10.4. The van der Waals surface area contributed by atoms with E-state index in [2.05, 4.69) is 35.8 Å². The first kappa shape index (κ1) is 20.1. The number of nitrogens with one attached hydrogen (secondary N) is 1. The van der Waals surface area contributed by atoms with Gasteiger partial charge in [0, 0.05) is 57.3 Å². The maximum atomic E-state index is 12.1. The molecule has 0 atom stereocenters. The highest BCUT2D eigenvalue weighted by atomic mass is 16.2. The summed E-state index contributed by atoms with van der Waals surface area (Å²) in [7, 11) is 1.45. The predicted molar refractivity (Wildman–Crippen MR) is 108 cm³/mol. The highest BCUT2D eigenvalue weighted by Crippen LogP contribution is 2.18. The number of hydrogen-bond acceptors (Lipinski definition) is 6. The maximum Gasteiger partial charge on any atom is 0.329 e. The summed E-state index contributed by atoms with van der Waals surface area (Å²) in [5.74, 6) is 0.559. The number of rotatable bonds is 4. The van der Waals surface area contributed by atoms with E-state index < -0.39 is 5.69 Å². The summed E-state index contributed by atoms with van der Waals surface area (Å²) < 4.78 is 2.58. The van der Waals surface area contributed by atoms with Crippen LogP contribution >= 0.6 is 0 Å². The average Bonchev–Trinajstić information content (AvgIpc) is 2.64. The molecule has 0 saturated carbocycles. The van der Waals surface area contributed by atoms with E-state index in [-0.39, 0.29) is 16.5 Å². The van der Waals surface area contributed by atoms with Gasteiger partial charge in [-0.05, 0) is 6.07 Å². The van der Waals surface area contributed by atoms with Gasteiger partial charge in [-0.1, -0.05) is 20.8 Å². The fourth-order valence-electron chi connectivity index (χ4n) is 3.17. The zero-order valence-electron chi connectivity index (χ0n) is 16.9. The minimum absolute atomic E-state index is 0.0932. The number of nitrogens with zero attached hydrogens (tertiary/aromatic N) is 5. The van der Waals surface area contributed by atoms with Gasteiger partial charge in [0.05, 0.1) is 12.2 Å². The summed E-state index contributed by atoms with van der Waals surface area (Å²) >= 11 is 0. The molecule has 1 fully saturated rings. The molecule has 1 aliphatic rings. The molecular weight excluding hydrogens is 360 g/mol. The quantitative estimate of drug-likeness (QED) is 0.776. The van der Waals surface area contributed by atoms with Crippen molar-refractivity contribution in [2.24, 2.45) is 7.05 Å². The maximum absolute atomic E-state index is 12.1. The van der Waals surface area contributed by atoms with E-state index in [9.17, 15) is 14.4 Å². The molecule has 2 aromatic rings. The van der Waals surface area contributed by atoms with Gasteiger partial charge < -0.3 is 4.90 Å². The van der Waals surface area contributed by atoms with E-state index in [1.54, 1.807) is 12.1 Å². The van der Waals surface area contributed by atoms with Gasteiger partial charge in [0.1, 0.15) is 5.82 Å². The summed E-state index contributed by atoms with van der Waals surface area (Å²) in [6, 6.07) is 4.83. The van der Waals surface area contributed by atoms with Crippen LogP contribution in [0.25, 0.3) is 0 Å². The van der Waals surface area contributed by atoms with Gasteiger partial charge in [-0.2, -0.15) is 5.10 Å². The lowest BCUT2D eigenvalue weighted by Crippen LogP contribution is -2.49. The topological polar surface area (TPSA) is 96.2 Å². The van der Waals surface area contributed by atoms with E-state index in [0.29, 0.717) is 25.5 Å². The Labute approximate surface area is 163 Å². The molecule has 3 heterocycles. The molecule has 1 saturated heterocycles. The Morgan fingerprint density at radius 3 is 2.29 bits per heavy atom. The lowest BCUT2D eigenvalue weighted by molar-refractivity contribution is 0.241. The molecular formula is C19H28N6O3. The Balaban J connectivity index is 1.60. The molecule has 0 radical (unpaired) electrons. The van der Waals surface area contributed by atoms with E-state index in [4.69, 9.17) is 0 Å². The van der Waals surface area contributed by atoms with Gasteiger partial charge in [-0.25, -0.2) is 9.48 Å². The molecule has 9 nitrogen and oxygen atoms in total. The highest BCUT2D eigenvalue weighted by molar-refractivity contribution is 5.37. The molecule has 0 unspecified atom stereocenters. The Kier molecular flexibility index (Phi) is 5.55. The van der Waals surface area contributed by atoms with E-state index in [1.807, 2.05) is 4.90 Å². The molecule has 9 heteroatoms. The van der Waals surface area contributed by atoms with Crippen molar-refractivity contribution in [3.05, 3.63) is 55.1 Å². The van der Waals surface area contributed by atoms with Crippen LogP contribution < -0.4 is 21.7 Å². The number of aromatic amines is 1. The van der Waals surface area contributed by atoms with Crippen molar-refractivity contribution in [1.82, 2.24) is 24.2 Å². The van der Waals surface area contributed by atoms with Gasteiger partial charge >= 0.3 is 5.69 Å². The molecule has 0 aliphatic carbocycles. The number of aromatic nitrogens is 4. The lowest BCUT2D eigenvalue weighted by Gasteiger charge is -2.35. The highest BCUT2D eigenvalue weighted by Gasteiger charge is 2.20. The van der Waals surface area contributed by atoms with Crippen molar-refractivity contribution in [3.8, 4) is 0 Å². The van der Waals surface area contributed by atoms with Crippen LogP contribution in [0.4, 0.5) is 5.82 Å². The number of H-pyrrole nitrogens is 1. The molecule has 1 N–H and O–H groups in total. The minimum Gasteiger partial charge on any atom is -0.355 e. The SMILES string of the molecule is Cn1c(=O)cc(N2CCN(CCn3nc(C(C)(C)C)ccc3=O)CC2)[nH]c1=O. The van der Waals surface area contributed by atoms with Gasteiger partial charge in [0.2, 0.25) is 0 Å². The molecule has 2 aromatic heterocycles. The zero-order valence-corrected chi connectivity index (χ0v) is 16.9. The van der Waals surface area contributed by atoms with E-state index >= 15 is 0 Å². The monoisotopic (exact) mass is 388 g/mol. The normalized spacial score (nSPS) is 15.8. The molecule has 3 rings (SSSR count). The zero-order chi connectivity index (χ0) is 20.5. The third-order valence-electron chi connectivity index (χ3n) is 5.11. The summed E-state index contributed by atoms with van der Waals surface area (Å²) in [6.07, 6.45) is 0. The second kappa shape index (κ2) is 7.75. The minimum atomic E-state index is -0.408. The lowest BCUT2D eigenvalue weighted by atomic mass is 9.92. The Morgan fingerprint density at radius 2 is 1.68 bits per heavy atom. The molecule has 0 amide bonds. The molecule has 152 valence electrons. The van der Waals surface area contributed by atoms with Crippen LogP contribution in [0.1, 0.15) is 26.5 Å². The van der Waals surface area contributed by atoms with E-state index in [0.717, 1.165) is 29.9 Å². The van der Waals surface area contributed by atoms with Gasteiger partial charge in [0.15, 0.2) is 0 Å². The van der Waals surface area contributed by atoms with Crippen LogP contribution in [0, 0.1) is 0 Å². The standard InChI is InChI=1S/C19H28N6O3/c1-19(2,3)14-5-6-16(26)25(21-14)12-9-23-7-10-24(11-8-23)15-13-17(27)22(4)18(28)20-15/h5-6,13H,7-12H2,1-4H3,(H,20,28). The van der Waals surface area contributed by atoms with Crippen molar-refractivity contribution < 1.29 is 0 Å². The summed E-state index contributed by atoms with van der Waals surface area (Å²) in [5.41, 5.74) is -0.0274. The number of hydrogen-bond donors (Lipinski definition) is 1. The van der Waals surface area contributed by atoms with Crippen molar-refractivity contribution in [2.45, 2.75) is 32.7 Å².